The van der Waals surface area contributed by atoms with Crippen molar-refractivity contribution in [2.75, 3.05) is 30.3 Å². The summed E-state index contributed by atoms with van der Waals surface area (Å²) in [5.74, 6) is 1.79. The van der Waals surface area contributed by atoms with Crippen molar-refractivity contribution in [2.45, 2.75) is 37.9 Å². The molecule has 0 saturated carbocycles. The molecule has 1 aromatic carbocycles. The van der Waals surface area contributed by atoms with Crippen molar-refractivity contribution in [3.05, 3.63) is 48.2 Å². The predicted molar refractivity (Wildman–Crippen MR) is 126 cm³/mol. The van der Waals surface area contributed by atoms with Crippen LogP contribution in [0, 0.1) is 0 Å². The second-order valence-corrected chi connectivity index (χ2v) is 8.68. The van der Waals surface area contributed by atoms with Crippen LogP contribution in [0.15, 0.2) is 47.8 Å². The largest absolute Gasteiger partial charge is 0.356 e. The summed E-state index contributed by atoms with van der Waals surface area (Å²) in [5, 5.41) is 9.25. The van der Waals surface area contributed by atoms with Crippen LogP contribution in [0.2, 0.25) is 0 Å². The molecule has 1 aliphatic heterocycles. The molecule has 7 nitrogen and oxygen atoms in total. The molecule has 4 rings (SSSR count). The first-order valence-corrected chi connectivity index (χ1v) is 11.9. The molecule has 3 heterocycles. The van der Waals surface area contributed by atoms with Gasteiger partial charge in [-0.2, -0.15) is 5.10 Å². The third-order valence-electron chi connectivity index (χ3n) is 5.23. The number of piperidine rings is 1. The number of benzene rings is 1. The number of hydrogen-bond donors (Lipinski definition) is 1. The first-order valence-electron chi connectivity index (χ1n) is 10.9. The standard InChI is InChI=1S/C23H28N6OS/c1-2-31-23-26-21(28-14-7-4-8-15-28)19-17-25-29(22(19)27-23)16-13-24-20(30)12-11-18-9-5-3-6-10-18/h3,5-6,9-12,17H,2,4,7-8,13-16H2,1H3,(H,24,30). The lowest BCUT2D eigenvalue weighted by atomic mass is 10.1. The molecular weight excluding hydrogens is 408 g/mol. The highest BCUT2D eigenvalue weighted by molar-refractivity contribution is 7.99. The van der Waals surface area contributed by atoms with Crippen LogP contribution in [0.1, 0.15) is 31.7 Å². The Morgan fingerprint density at radius 1 is 1.16 bits per heavy atom. The number of carbonyl (C=O) groups is 1. The minimum atomic E-state index is -0.119. The van der Waals surface area contributed by atoms with Crippen LogP contribution >= 0.6 is 11.8 Å². The van der Waals surface area contributed by atoms with Crippen LogP contribution in [-0.4, -0.2) is 51.0 Å². The monoisotopic (exact) mass is 436 g/mol. The Balaban J connectivity index is 1.45. The summed E-state index contributed by atoms with van der Waals surface area (Å²) >= 11 is 1.64. The molecule has 1 saturated heterocycles. The average molecular weight is 437 g/mol. The van der Waals surface area contributed by atoms with Crippen molar-refractivity contribution in [3.8, 4) is 0 Å². The summed E-state index contributed by atoms with van der Waals surface area (Å²) in [6.45, 7) is 5.19. The fourth-order valence-electron chi connectivity index (χ4n) is 3.71. The van der Waals surface area contributed by atoms with Crippen LogP contribution < -0.4 is 10.2 Å². The van der Waals surface area contributed by atoms with Gasteiger partial charge in [0.2, 0.25) is 5.91 Å². The minimum absolute atomic E-state index is 0.119. The zero-order chi connectivity index (χ0) is 21.5. The molecule has 1 N–H and O–H groups in total. The van der Waals surface area contributed by atoms with E-state index >= 15 is 0 Å². The summed E-state index contributed by atoms with van der Waals surface area (Å²) in [6.07, 6.45) is 8.89. The van der Waals surface area contributed by atoms with Gasteiger partial charge in [0.25, 0.3) is 0 Å². The molecule has 0 atom stereocenters. The van der Waals surface area contributed by atoms with Crippen molar-refractivity contribution < 1.29 is 4.79 Å². The van der Waals surface area contributed by atoms with E-state index in [0.717, 1.165) is 46.4 Å². The molecule has 3 aromatic rings. The molecule has 162 valence electrons. The van der Waals surface area contributed by atoms with E-state index in [2.05, 4.69) is 22.2 Å². The molecule has 1 fully saturated rings. The highest BCUT2D eigenvalue weighted by Crippen LogP contribution is 2.29. The summed E-state index contributed by atoms with van der Waals surface area (Å²) in [4.78, 5) is 24.1. The minimum Gasteiger partial charge on any atom is -0.356 e. The Hall–Kier alpha value is -2.87. The fourth-order valence-corrected chi connectivity index (χ4v) is 4.27. The van der Waals surface area contributed by atoms with Gasteiger partial charge < -0.3 is 10.2 Å². The summed E-state index contributed by atoms with van der Waals surface area (Å²) in [6, 6.07) is 9.78. The number of nitrogens with one attached hydrogen (secondary N) is 1. The van der Waals surface area contributed by atoms with E-state index in [1.54, 1.807) is 17.8 Å². The van der Waals surface area contributed by atoms with Gasteiger partial charge in [0.05, 0.1) is 18.1 Å². The molecule has 2 aromatic heterocycles. The number of carbonyl (C=O) groups excluding carboxylic acids is 1. The highest BCUT2D eigenvalue weighted by atomic mass is 32.2. The van der Waals surface area contributed by atoms with E-state index in [1.807, 2.05) is 47.3 Å². The maximum atomic E-state index is 12.1. The molecule has 0 spiro atoms. The lowest BCUT2D eigenvalue weighted by molar-refractivity contribution is -0.116. The summed E-state index contributed by atoms with van der Waals surface area (Å²) < 4.78 is 1.87. The Morgan fingerprint density at radius 3 is 2.74 bits per heavy atom. The van der Waals surface area contributed by atoms with E-state index in [1.165, 1.54) is 19.3 Å². The Kier molecular flexibility index (Phi) is 7.19. The van der Waals surface area contributed by atoms with Crippen molar-refractivity contribution in [1.29, 1.82) is 0 Å². The Morgan fingerprint density at radius 2 is 1.97 bits per heavy atom. The van der Waals surface area contributed by atoms with E-state index in [9.17, 15) is 4.79 Å². The molecule has 1 amide bonds. The quantitative estimate of drug-likeness (QED) is 0.329. The van der Waals surface area contributed by atoms with Gasteiger partial charge >= 0.3 is 0 Å². The number of aromatic nitrogens is 4. The van der Waals surface area contributed by atoms with Crippen molar-refractivity contribution in [3.63, 3.8) is 0 Å². The number of nitrogens with zero attached hydrogens (tertiary/aromatic N) is 5. The van der Waals surface area contributed by atoms with Gasteiger partial charge in [0, 0.05) is 25.7 Å². The highest BCUT2D eigenvalue weighted by Gasteiger charge is 2.19. The Labute approximate surface area is 186 Å². The molecule has 0 unspecified atom stereocenters. The van der Waals surface area contributed by atoms with Gasteiger partial charge in [-0.15, -0.1) is 0 Å². The third-order valence-corrected chi connectivity index (χ3v) is 5.96. The number of thioether (sulfide) groups is 1. The SMILES string of the molecule is CCSc1nc(N2CCCCC2)c2cnn(CCNC(=O)C=Cc3ccccc3)c2n1. The Bertz CT molecular complexity index is 1040. The number of amides is 1. The predicted octanol–water partition coefficient (Wildman–Crippen LogP) is 3.76. The lowest BCUT2D eigenvalue weighted by Gasteiger charge is -2.28. The lowest BCUT2D eigenvalue weighted by Crippen LogP contribution is -2.30. The van der Waals surface area contributed by atoms with Crippen LogP contribution in [0.25, 0.3) is 17.1 Å². The molecule has 31 heavy (non-hydrogen) atoms. The molecule has 0 bridgehead atoms. The normalized spacial score (nSPS) is 14.4. The maximum Gasteiger partial charge on any atom is 0.244 e. The molecule has 8 heteroatoms. The van der Waals surface area contributed by atoms with Crippen molar-refractivity contribution >= 4 is 40.6 Å². The van der Waals surface area contributed by atoms with E-state index in [4.69, 9.17) is 9.97 Å². The van der Waals surface area contributed by atoms with E-state index in [-0.39, 0.29) is 5.91 Å². The second kappa shape index (κ2) is 10.4. The third kappa shape index (κ3) is 5.44. The number of rotatable bonds is 8. The van der Waals surface area contributed by atoms with Gasteiger partial charge in [-0.25, -0.2) is 14.6 Å². The zero-order valence-corrected chi connectivity index (χ0v) is 18.6. The van der Waals surface area contributed by atoms with Gasteiger partial charge in [0.1, 0.15) is 5.82 Å². The van der Waals surface area contributed by atoms with Gasteiger partial charge in [-0.1, -0.05) is 49.0 Å². The van der Waals surface area contributed by atoms with Gasteiger partial charge in [0.15, 0.2) is 10.8 Å². The van der Waals surface area contributed by atoms with E-state index < -0.39 is 0 Å². The van der Waals surface area contributed by atoms with Crippen LogP contribution in [0.5, 0.6) is 0 Å². The zero-order valence-electron chi connectivity index (χ0n) is 17.8. The first-order chi connectivity index (χ1) is 15.2. The number of anilines is 1. The molecule has 1 aliphatic rings. The smallest absolute Gasteiger partial charge is 0.244 e. The number of hydrogen-bond acceptors (Lipinski definition) is 6. The molecular formula is C23H28N6OS. The molecule has 0 radical (unpaired) electrons. The van der Waals surface area contributed by atoms with Gasteiger partial charge in [-0.3, -0.25) is 4.79 Å². The van der Waals surface area contributed by atoms with Crippen LogP contribution in [0.3, 0.4) is 0 Å². The summed E-state index contributed by atoms with van der Waals surface area (Å²) in [5.41, 5.74) is 1.83. The van der Waals surface area contributed by atoms with Crippen LogP contribution in [0.4, 0.5) is 5.82 Å². The average Bonchev–Trinajstić information content (AvgIpc) is 3.21. The topological polar surface area (TPSA) is 75.9 Å². The molecule has 0 aliphatic carbocycles. The maximum absolute atomic E-state index is 12.1. The number of fused-ring (bicyclic) bond motifs is 1. The van der Waals surface area contributed by atoms with Crippen molar-refractivity contribution in [2.24, 2.45) is 0 Å². The van der Waals surface area contributed by atoms with E-state index in [0.29, 0.717) is 13.1 Å². The van der Waals surface area contributed by atoms with Gasteiger partial charge in [-0.05, 0) is 36.7 Å². The first kappa shape index (κ1) is 21.4. The van der Waals surface area contributed by atoms with Crippen LogP contribution in [-0.2, 0) is 11.3 Å². The second-order valence-electron chi connectivity index (χ2n) is 7.45. The fraction of sp³-hybridized carbons (Fsp3) is 0.391. The summed E-state index contributed by atoms with van der Waals surface area (Å²) in [7, 11) is 0. The van der Waals surface area contributed by atoms with Crippen molar-refractivity contribution in [1.82, 2.24) is 25.1 Å².